The van der Waals surface area contributed by atoms with Gasteiger partial charge in [-0.15, -0.1) is 10.2 Å². The summed E-state index contributed by atoms with van der Waals surface area (Å²) in [5.41, 5.74) is 0. The van der Waals surface area contributed by atoms with Crippen molar-refractivity contribution in [1.29, 1.82) is 0 Å². The van der Waals surface area contributed by atoms with Gasteiger partial charge in [0.05, 0.1) is 13.2 Å². The molecule has 0 aliphatic heterocycles. The molecule has 0 aliphatic carbocycles. The molecule has 0 aromatic carbocycles. The Labute approximate surface area is 122 Å². The van der Waals surface area contributed by atoms with Gasteiger partial charge in [0.1, 0.15) is 21.7 Å². The highest BCUT2D eigenvalue weighted by Gasteiger charge is 2.05. The van der Waals surface area contributed by atoms with Crippen molar-refractivity contribution >= 4 is 17.2 Å². The molecule has 6 nitrogen and oxygen atoms in total. The van der Waals surface area contributed by atoms with Crippen LogP contribution in [0.1, 0.15) is 35.6 Å². The van der Waals surface area contributed by atoms with Crippen molar-refractivity contribution in [1.82, 2.24) is 20.2 Å². The average molecular weight is 293 g/mol. The Morgan fingerprint density at radius 2 is 2.10 bits per heavy atom. The summed E-state index contributed by atoms with van der Waals surface area (Å²) in [6, 6.07) is 1.82. The first-order chi connectivity index (χ1) is 9.67. The molecule has 0 spiro atoms. The van der Waals surface area contributed by atoms with E-state index in [1.807, 2.05) is 19.9 Å². The molecular weight excluding hydrogens is 274 g/mol. The predicted molar refractivity (Wildman–Crippen MR) is 79.1 cm³/mol. The minimum atomic E-state index is 0.608. The maximum Gasteiger partial charge on any atom is 0.218 e. The van der Waals surface area contributed by atoms with Gasteiger partial charge in [0, 0.05) is 6.07 Å². The molecule has 2 aromatic rings. The van der Waals surface area contributed by atoms with Crippen molar-refractivity contribution in [3.05, 3.63) is 21.9 Å². The van der Waals surface area contributed by atoms with E-state index in [1.165, 1.54) is 0 Å². The van der Waals surface area contributed by atoms with Gasteiger partial charge in [-0.05, 0) is 20.3 Å². The summed E-state index contributed by atoms with van der Waals surface area (Å²) >= 11 is 1.57. The Morgan fingerprint density at radius 1 is 1.25 bits per heavy atom. The van der Waals surface area contributed by atoms with Gasteiger partial charge >= 0.3 is 0 Å². The molecule has 1 N–H and O–H groups in total. The second kappa shape index (κ2) is 7.14. The van der Waals surface area contributed by atoms with Crippen LogP contribution in [0.5, 0.6) is 5.88 Å². The van der Waals surface area contributed by atoms with Crippen LogP contribution in [0.25, 0.3) is 0 Å². The van der Waals surface area contributed by atoms with Crippen LogP contribution in [-0.2, 0) is 6.54 Å². The highest BCUT2D eigenvalue weighted by atomic mass is 32.1. The summed E-state index contributed by atoms with van der Waals surface area (Å²) in [5.74, 6) is 2.05. The van der Waals surface area contributed by atoms with Crippen LogP contribution >= 0.6 is 11.3 Å². The first-order valence-corrected chi connectivity index (χ1v) is 7.50. The van der Waals surface area contributed by atoms with E-state index in [0.717, 1.165) is 28.7 Å². The Hall–Kier alpha value is -1.76. The Bertz CT molecular complexity index is 557. The zero-order chi connectivity index (χ0) is 14.4. The summed E-state index contributed by atoms with van der Waals surface area (Å²) in [6.45, 7) is 7.21. The molecule has 0 radical (unpaired) electrons. The number of hydrogen-bond acceptors (Lipinski definition) is 7. The minimum absolute atomic E-state index is 0.608. The number of hydrogen-bond donors (Lipinski definition) is 1. The molecule has 0 unspecified atom stereocenters. The molecular formula is C13H19N5OS. The van der Waals surface area contributed by atoms with Crippen molar-refractivity contribution in [3.63, 3.8) is 0 Å². The van der Waals surface area contributed by atoms with Gasteiger partial charge in [0.2, 0.25) is 5.88 Å². The molecule has 2 heterocycles. The number of anilines is 1. The maximum atomic E-state index is 5.61. The maximum absolute atomic E-state index is 5.61. The van der Waals surface area contributed by atoms with Gasteiger partial charge in [-0.25, -0.2) is 4.98 Å². The monoisotopic (exact) mass is 293 g/mol. The van der Waals surface area contributed by atoms with Gasteiger partial charge < -0.3 is 10.1 Å². The molecule has 0 bridgehead atoms. The van der Waals surface area contributed by atoms with Crippen LogP contribution < -0.4 is 10.1 Å². The molecule has 7 heteroatoms. The summed E-state index contributed by atoms with van der Waals surface area (Å²) in [5, 5.41) is 13.2. The third-order valence-corrected chi connectivity index (χ3v) is 3.39. The molecule has 0 amide bonds. The lowest BCUT2D eigenvalue weighted by Crippen LogP contribution is -2.05. The Kier molecular flexibility index (Phi) is 5.23. The molecule has 2 aromatic heterocycles. The lowest BCUT2D eigenvalue weighted by atomic mass is 10.4. The summed E-state index contributed by atoms with van der Waals surface area (Å²) in [4.78, 5) is 8.60. The molecule has 0 saturated carbocycles. The highest BCUT2D eigenvalue weighted by Crippen LogP contribution is 2.15. The number of rotatable bonds is 7. The number of nitrogens with one attached hydrogen (secondary N) is 1. The fourth-order valence-electron chi connectivity index (χ4n) is 1.60. The van der Waals surface area contributed by atoms with E-state index in [2.05, 4.69) is 32.4 Å². The zero-order valence-electron chi connectivity index (χ0n) is 12.0. The van der Waals surface area contributed by atoms with Crippen molar-refractivity contribution < 1.29 is 4.74 Å². The third kappa shape index (κ3) is 4.41. The fourth-order valence-corrected chi connectivity index (χ4v) is 2.25. The first kappa shape index (κ1) is 14.6. The Morgan fingerprint density at radius 3 is 2.80 bits per heavy atom. The quantitative estimate of drug-likeness (QED) is 0.791. The molecule has 108 valence electrons. The Balaban J connectivity index is 1.96. The first-order valence-electron chi connectivity index (χ1n) is 6.68. The van der Waals surface area contributed by atoms with Gasteiger partial charge in [-0.2, -0.15) is 4.98 Å². The van der Waals surface area contributed by atoms with Crippen LogP contribution in [0.2, 0.25) is 0 Å². The van der Waals surface area contributed by atoms with E-state index in [9.17, 15) is 0 Å². The lowest BCUT2D eigenvalue weighted by Gasteiger charge is -2.08. The fraction of sp³-hybridized carbons (Fsp3) is 0.538. The number of unbranched alkanes of at least 4 members (excludes halogenated alkanes) is 1. The average Bonchev–Trinajstić information content (AvgIpc) is 2.82. The van der Waals surface area contributed by atoms with Crippen molar-refractivity contribution in [2.45, 2.75) is 40.2 Å². The largest absolute Gasteiger partial charge is 0.478 e. The normalized spacial score (nSPS) is 10.6. The number of aromatic nitrogens is 4. The highest BCUT2D eigenvalue weighted by molar-refractivity contribution is 7.11. The lowest BCUT2D eigenvalue weighted by molar-refractivity contribution is 0.296. The van der Waals surface area contributed by atoms with E-state index in [-0.39, 0.29) is 0 Å². The van der Waals surface area contributed by atoms with Crippen LogP contribution in [-0.4, -0.2) is 26.8 Å². The van der Waals surface area contributed by atoms with Crippen LogP contribution in [0, 0.1) is 13.8 Å². The van der Waals surface area contributed by atoms with Gasteiger partial charge in [0.25, 0.3) is 0 Å². The minimum Gasteiger partial charge on any atom is -0.478 e. The van der Waals surface area contributed by atoms with Crippen molar-refractivity contribution in [2.24, 2.45) is 0 Å². The van der Waals surface area contributed by atoms with Crippen molar-refractivity contribution in [3.8, 4) is 5.88 Å². The zero-order valence-corrected chi connectivity index (χ0v) is 12.8. The van der Waals surface area contributed by atoms with Gasteiger partial charge in [0.15, 0.2) is 0 Å². The molecule has 0 saturated heterocycles. The molecule has 0 fully saturated rings. The second-order valence-electron chi connectivity index (χ2n) is 4.41. The number of nitrogens with zero attached hydrogens (tertiary/aromatic N) is 4. The number of ether oxygens (including phenoxy) is 1. The van der Waals surface area contributed by atoms with Crippen molar-refractivity contribution in [2.75, 3.05) is 11.9 Å². The second-order valence-corrected chi connectivity index (χ2v) is 5.68. The summed E-state index contributed by atoms with van der Waals surface area (Å²) < 4.78 is 5.61. The van der Waals surface area contributed by atoms with E-state index >= 15 is 0 Å². The smallest absolute Gasteiger partial charge is 0.218 e. The summed E-state index contributed by atoms with van der Waals surface area (Å²) in [7, 11) is 0. The third-order valence-electron chi connectivity index (χ3n) is 2.55. The molecule has 0 atom stereocenters. The van der Waals surface area contributed by atoms with E-state index < -0.39 is 0 Å². The van der Waals surface area contributed by atoms with E-state index in [4.69, 9.17) is 4.74 Å². The SMILES string of the molecule is CCCCOc1cc(NCc2nnc(C)s2)nc(C)n1. The standard InChI is InChI=1S/C13H19N5OS/c1-4-5-6-19-12-7-11(15-9(2)16-12)14-8-13-18-17-10(3)20-13/h7H,4-6,8H2,1-3H3,(H,14,15,16). The molecule has 20 heavy (non-hydrogen) atoms. The van der Waals surface area contributed by atoms with E-state index in [1.54, 1.807) is 11.3 Å². The summed E-state index contributed by atoms with van der Waals surface area (Å²) in [6.07, 6.45) is 2.13. The van der Waals surface area contributed by atoms with Gasteiger partial charge in [-0.3, -0.25) is 0 Å². The van der Waals surface area contributed by atoms with Crippen LogP contribution in [0.4, 0.5) is 5.82 Å². The predicted octanol–water partition coefficient (Wildman–Crippen LogP) is 2.74. The topological polar surface area (TPSA) is 72.8 Å². The van der Waals surface area contributed by atoms with Crippen LogP contribution in [0.3, 0.4) is 0 Å². The van der Waals surface area contributed by atoms with Gasteiger partial charge in [-0.1, -0.05) is 24.7 Å². The number of aryl methyl sites for hydroxylation is 2. The molecule has 0 aliphatic rings. The van der Waals surface area contributed by atoms with E-state index in [0.29, 0.717) is 24.9 Å². The van der Waals surface area contributed by atoms with Crippen LogP contribution in [0.15, 0.2) is 6.07 Å². The molecule has 2 rings (SSSR count).